The van der Waals surface area contributed by atoms with E-state index < -0.39 is 0 Å². The molecule has 0 heterocycles. The predicted molar refractivity (Wildman–Crippen MR) is 67.6 cm³/mol. The normalized spacial score (nSPS) is 9.94. The van der Waals surface area contributed by atoms with Crippen LogP contribution in [0.15, 0.2) is 48.5 Å². The Hall–Kier alpha value is -2.09. The molecule has 0 unspecified atom stereocenters. The second kappa shape index (κ2) is 5.30. The van der Waals surface area contributed by atoms with Crippen molar-refractivity contribution in [2.75, 3.05) is 0 Å². The van der Waals surface area contributed by atoms with Gasteiger partial charge in [0.15, 0.2) is 0 Å². The van der Waals surface area contributed by atoms with E-state index >= 15 is 0 Å². The van der Waals surface area contributed by atoms with E-state index in [0.29, 0.717) is 12.1 Å². The average Bonchev–Trinajstić information content (AvgIpc) is 2.37. The third-order valence-electron chi connectivity index (χ3n) is 2.52. The first-order valence-electron chi connectivity index (χ1n) is 5.55. The lowest BCUT2D eigenvalue weighted by Crippen LogP contribution is -2.22. The van der Waals surface area contributed by atoms with E-state index in [2.05, 4.69) is 17.4 Å². The van der Waals surface area contributed by atoms with Gasteiger partial charge in [0.25, 0.3) is 5.91 Å². The van der Waals surface area contributed by atoms with Gasteiger partial charge in [0.2, 0.25) is 0 Å². The van der Waals surface area contributed by atoms with E-state index in [1.54, 1.807) is 24.3 Å². The number of benzene rings is 2. The standard InChI is InChI=1S/C15H14NO/c1-12-6-5-7-13(10-12)11-16-15(17)14-8-3-2-4-9-14/h3-10H,11H2,1H3,(H,16,17). The number of hydrogen-bond donors (Lipinski definition) is 1. The number of hydrogen-bond acceptors (Lipinski definition) is 1. The molecule has 0 aliphatic carbocycles. The zero-order chi connectivity index (χ0) is 12.1. The van der Waals surface area contributed by atoms with E-state index in [-0.39, 0.29) is 5.91 Å². The van der Waals surface area contributed by atoms with Crippen molar-refractivity contribution in [3.8, 4) is 0 Å². The van der Waals surface area contributed by atoms with Crippen LogP contribution in [0, 0.1) is 13.0 Å². The molecule has 0 fully saturated rings. The zero-order valence-corrected chi connectivity index (χ0v) is 9.73. The molecular weight excluding hydrogens is 210 g/mol. The van der Waals surface area contributed by atoms with E-state index in [0.717, 1.165) is 5.56 Å². The highest BCUT2D eigenvalue weighted by Crippen LogP contribution is 2.04. The number of amides is 1. The molecule has 0 spiro atoms. The third kappa shape index (κ3) is 3.18. The van der Waals surface area contributed by atoms with Crippen LogP contribution < -0.4 is 5.32 Å². The molecular formula is C15H14NO. The van der Waals surface area contributed by atoms with Crippen molar-refractivity contribution in [3.05, 3.63) is 71.3 Å². The lowest BCUT2D eigenvalue weighted by atomic mass is 10.1. The summed E-state index contributed by atoms with van der Waals surface area (Å²) >= 11 is 0. The first kappa shape index (κ1) is 11.4. The highest BCUT2D eigenvalue weighted by Gasteiger charge is 2.03. The average molecular weight is 224 g/mol. The maximum absolute atomic E-state index is 11.8. The molecule has 1 amide bonds. The van der Waals surface area contributed by atoms with Crippen LogP contribution in [0.3, 0.4) is 0 Å². The Kier molecular flexibility index (Phi) is 3.55. The van der Waals surface area contributed by atoms with Gasteiger partial charge in [-0.15, -0.1) is 0 Å². The fraction of sp³-hybridized carbons (Fsp3) is 0.133. The van der Waals surface area contributed by atoms with Crippen LogP contribution >= 0.6 is 0 Å². The Morgan fingerprint density at radius 1 is 1.24 bits per heavy atom. The summed E-state index contributed by atoms with van der Waals surface area (Å²) < 4.78 is 0. The quantitative estimate of drug-likeness (QED) is 0.853. The number of aryl methyl sites for hydroxylation is 1. The van der Waals surface area contributed by atoms with Crippen molar-refractivity contribution in [1.82, 2.24) is 5.32 Å². The summed E-state index contributed by atoms with van der Waals surface area (Å²) in [6, 6.07) is 18.0. The highest BCUT2D eigenvalue weighted by molar-refractivity contribution is 5.94. The van der Waals surface area contributed by atoms with Gasteiger partial charge < -0.3 is 5.32 Å². The van der Waals surface area contributed by atoms with Gasteiger partial charge in [0.05, 0.1) is 0 Å². The number of carbonyl (C=O) groups excluding carboxylic acids is 1. The summed E-state index contributed by atoms with van der Waals surface area (Å²) in [5.74, 6) is -0.0551. The molecule has 0 saturated carbocycles. The lowest BCUT2D eigenvalue weighted by Gasteiger charge is -2.05. The SMILES string of the molecule is Cc1cccc(CNC(=O)c2cc[c]cc2)c1. The van der Waals surface area contributed by atoms with Crippen LogP contribution in [0.2, 0.25) is 0 Å². The van der Waals surface area contributed by atoms with E-state index in [4.69, 9.17) is 0 Å². The van der Waals surface area contributed by atoms with Gasteiger partial charge in [-0.1, -0.05) is 42.0 Å². The van der Waals surface area contributed by atoms with Gasteiger partial charge in [0.1, 0.15) is 0 Å². The summed E-state index contributed by atoms with van der Waals surface area (Å²) in [6.45, 7) is 2.59. The Morgan fingerprint density at radius 3 is 2.71 bits per heavy atom. The topological polar surface area (TPSA) is 29.1 Å². The number of rotatable bonds is 3. The van der Waals surface area contributed by atoms with E-state index in [1.807, 2.05) is 25.1 Å². The molecule has 0 aliphatic rings. The van der Waals surface area contributed by atoms with Crippen molar-refractivity contribution in [3.63, 3.8) is 0 Å². The molecule has 0 bridgehead atoms. The van der Waals surface area contributed by atoms with E-state index in [9.17, 15) is 4.79 Å². The van der Waals surface area contributed by atoms with Crippen molar-refractivity contribution >= 4 is 5.91 Å². The Labute approximate surface area is 101 Å². The van der Waals surface area contributed by atoms with Crippen molar-refractivity contribution in [2.45, 2.75) is 13.5 Å². The molecule has 1 radical (unpaired) electrons. The molecule has 2 aromatic rings. The predicted octanol–water partition coefficient (Wildman–Crippen LogP) is 2.73. The molecule has 2 heteroatoms. The van der Waals surface area contributed by atoms with Crippen molar-refractivity contribution in [1.29, 1.82) is 0 Å². The molecule has 2 aromatic carbocycles. The summed E-state index contributed by atoms with van der Waals surface area (Å²) in [4.78, 5) is 11.8. The highest BCUT2D eigenvalue weighted by atomic mass is 16.1. The van der Waals surface area contributed by atoms with Crippen LogP contribution in [0.4, 0.5) is 0 Å². The fourth-order valence-electron chi connectivity index (χ4n) is 1.64. The first-order chi connectivity index (χ1) is 8.25. The summed E-state index contributed by atoms with van der Waals surface area (Å²) in [6.07, 6.45) is 0. The summed E-state index contributed by atoms with van der Waals surface area (Å²) in [7, 11) is 0. The van der Waals surface area contributed by atoms with Gasteiger partial charge in [-0.2, -0.15) is 0 Å². The van der Waals surface area contributed by atoms with Gasteiger partial charge >= 0.3 is 0 Å². The molecule has 2 rings (SSSR count). The van der Waals surface area contributed by atoms with Gasteiger partial charge in [-0.05, 0) is 30.7 Å². The maximum Gasteiger partial charge on any atom is 0.251 e. The van der Waals surface area contributed by atoms with Crippen LogP contribution in [0.25, 0.3) is 0 Å². The monoisotopic (exact) mass is 224 g/mol. The van der Waals surface area contributed by atoms with E-state index in [1.165, 1.54) is 5.56 Å². The van der Waals surface area contributed by atoms with Crippen LogP contribution in [-0.4, -0.2) is 5.91 Å². The molecule has 1 N–H and O–H groups in total. The number of nitrogens with one attached hydrogen (secondary N) is 1. The third-order valence-corrected chi connectivity index (χ3v) is 2.52. The largest absolute Gasteiger partial charge is 0.348 e. The van der Waals surface area contributed by atoms with Gasteiger partial charge in [-0.25, -0.2) is 0 Å². The summed E-state index contributed by atoms with van der Waals surface area (Å²) in [5.41, 5.74) is 2.98. The fourth-order valence-corrected chi connectivity index (χ4v) is 1.64. The van der Waals surface area contributed by atoms with Crippen LogP contribution in [0.5, 0.6) is 0 Å². The Bertz CT molecular complexity index is 505. The van der Waals surface area contributed by atoms with Crippen molar-refractivity contribution < 1.29 is 4.79 Å². The second-order valence-electron chi connectivity index (χ2n) is 3.96. The second-order valence-corrected chi connectivity index (χ2v) is 3.96. The minimum Gasteiger partial charge on any atom is -0.348 e. The minimum absolute atomic E-state index is 0.0551. The molecule has 85 valence electrons. The molecule has 0 saturated heterocycles. The molecule has 0 aliphatic heterocycles. The molecule has 0 atom stereocenters. The van der Waals surface area contributed by atoms with Gasteiger partial charge in [0, 0.05) is 12.1 Å². The zero-order valence-electron chi connectivity index (χ0n) is 9.73. The molecule has 0 aromatic heterocycles. The maximum atomic E-state index is 11.8. The Balaban J connectivity index is 1.97. The smallest absolute Gasteiger partial charge is 0.251 e. The summed E-state index contributed by atoms with van der Waals surface area (Å²) in [5, 5.41) is 2.89. The van der Waals surface area contributed by atoms with Crippen molar-refractivity contribution in [2.24, 2.45) is 0 Å². The lowest BCUT2D eigenvalue weighted by molar-refractivity contribution is 0.0951. The molecule has 17 heavy (non-hydrogen) atoms. The van der Waals surface area contributed by atoms with Gasteiger partial charge in [-0.3, -0.25) is 4.79 Å². The Morgan fingerprint density at radius 2 is 2.00 bits per heavy atom. The minimum atomic E-state index is -0.0551. The first-order valence-corrected chi connectivity index (χ1v) is 5.55. The number of carbonyl (C=O) groups is 1. The van der Waals surface area contributed by atoms with Crippen LogP contribution in [-0.2, 0) is 6.54 Å². The van der Waals surface area contributed by atoms with Crippen LogP contribution in [0.1, 0.15) is 21.5 Å². The molecule has 2 nitrogen and oxygen atoms in total.